The summed E-state index contributed by atoms with van der Waals surface area (Å²) >= 11 is 0. The van der Waals surface area contributed by atoms with Crippen molar-refractivity contribution in [2.45, 2.75) is 38.8 Å². The number of fused-ring (bicyclic) bond motifs is 2. The van der Waals surface area contributed by atoms with Crippen LogP contribution in [0.25, 0.3) is 10.9 Å². The lowest BCUT2D eigenvalue weighted by Gasteiger charge is -2.35. The van der Waals surface area contributed by atoms with Crippen LogP contribution in [0.15, 0.2) is 23.0 Å². The molecule has 0 aliphatic carbocycles. The number of aromatic amines is 1. The first-order chi connectivity index (χ1) is 15.0. The van der Waals surface area contributed by atoms with Crippen LogP contribution in [0.2, 0.25) is 0 Å². The standard InChI is InChI=1S/C21H26N6O4/c1-4-21(2,3)27-19(23-24-25-27)18(26-5-7-29-8-6-26)14-9-13-10-16-17(31-12-30-16)11-15(13)22-20(14)28/h9-11,18H,4-8,12H2,1-3H3,(H,22,28)/t18-/m1/s1. The van der Waals surface area contributed by atoms with E-state index in [1.165, 1.54) is 0 Å². The van der Waals surface area contributed by atoms with Crippen molar-refractivity contribution in [1.29, 1.82) is 0 Å². The molecule has 1 atom stereocenters. The fraction of sp³-hybridized carbons (Fsp3) is 0.524. The van der Waals surface area contributed by atoms with E-state index in [9.17, 15) is 4.79 Å². The molecule has 164 valence electrons. The summed E-state index contributed by atoms with van der Waals surface area (Å²) in [5.41, 5.74) is 0.828. The SMILES string of the molecule is CCC(C)(C)n1nnnc1[C@@H](c1cc2cc3c(cc2[nH]c1=O)OCO3)N1CCOCC1. The lowest BCUT2D eigenvalue weighted by molar-refractivity contribution is 0.0204. The van der Waals surface area contributed by atoms with Gasteiger partial charge in [0.2, 0.25) is 6.79 Å². The number of rotatable bonds is 5. The lowest BCUT2D eigenvalue weighted by atomic mass is 9.99. The number of ether oxygens (including phenoxy) is 3. The summed E-state index contributed by atoms with van der Waals surface area (Å²) < 4.78 is 18.4. The molecule has 31 heavy (non-hydrogen) atoms. The molecule has 5 rings (SSSR count). The highest BCUT2D eigenvalue weighted by Gasteiger charge is 2.35. The number of tetrazole rings is 1. The highest BCUT2D eigenvalue weighted by atomic mass is 16.7. The fourth-order valence-corrected chi connectivity index (χ4v) is 4.10. The average molecular weight is 426 g/mol. The minimum absolute atomic E-state index is 0.174. The number of nitrogens with one attached hydrogen (secondary N) is 1. The number of hydrogen-bond acceptors (Lipinski definition) is 8. The third-order valence-corrected chi connectivity index (χ3v) is 6.25. The van der Waals surface area contributed by atoms with Crippen molar-refractivity contribution in [3.8, 4) is 11.5 Å². The Kier molecular flexibility index (Phi) is 4.90. The zero-order valence-electron chi connectivity index (χ0n) is 17.9. The van der Waals surface area contributed by atoms with Crippen molar-refractivity contribution >= 4 is 10.9 Å². The summed E-state index contributed by atoms with van der Waals surface area (Å²) in [4.78, 5) is 18.5. The molecule has 4 heterocycles. The normalized spacial score (nSPS) is 17.9. The predicted octanol–water partition coefficient (Wildman–Crippen LogP) is 1.81. The van der Waals surface area contributed by atoms with E-state index in [-0.39, 0.29) is 17.9 Å². The Bertz CT molecular complexity index is 1160. The van der Waals surface area contributed by atoms with E-state index in [4.69, 9.17) is 14.2 Å². The maximum atomic E-state index is 13.3. The minimum Gasteiger partial charge on any atom is -0.454 e. The molecule has 1 N–H and O–H groups in total. The van der Waals surface area contributed by atoms with Gasteiger partial charge in [-0.3, -0.25) is 9.69 Å². The van der Waals surface area contributed by atoms with Crippen molar-refractivity contribution in [2.75, 3.05) is 33.1 Å². The van der Waals surface area contributed by atoms with Gasteiger partial charge in [0, 0.05) is 30.1 Å². The van der Waals surface area contributed by atoms with Gasteiger partial charge in [-0.25, -0.2) is 4.68 Å². The van der Waals surface area contributed by atoms with E-state index in [0.717, 1.165) is 11.8 Å². The van der Waals surface area contributed by atoms with Crippen LogP contribution >= 0.6 is 0 Å². The minimum atomic E-state index is -0.400. The molecule has 2 aromatic heterocycles. The molecule has 10 heteroatoms. The molecule has 2 aliphatic heterocycles. The molecule has 0 unspecified atom stereocenters. The Morgan fingerprint density at radius 2 is 1.90 bits per heavy atom. The topological polar surface area (TPSA) is 107 Å². The van der Waals surface area contributed by atoms with E-state index in [2.05, 4.69) is 46.2 Å². The van der Waals surface area contributed by atoms with Crippen molar-refractivity contribution in [1.82, 2.24) is 30.1 Å². The van der Waals surface area contributed by atoms with Crippen LogP contribution in [0.5, 0.6) is 11.5 Å². The van der Waals surface area contributed by atoms with E-state index in [1.807, 2.05) is 16.8 Å². The zero-order chi connectivity index (χ0) is 21.6. The summed E-state index contributed by atoms with van der Waals surface area (Å²) in [5.74, 6) is 1.96. The summed E-state index contributed by atoms with van der Waals surface area (Å²) in [6, 6.07) is 5.21. The number of morpholine rings is 1. The van der Waals surface area contributed by atoms with Crippen LogP contribution in [0, 0.1) is 0 Å². The first-order valence-corrected chi connectivity index (χ1v) is 10.5. The Hall–Kier alpha value is -2.98. The zero-order valence-corrected chi connectivity index (χ0v) is 17.9. The molecule has 1 aromatic carbocycles. The van der Waals surface area contributed by atoms with E-state index >= 15 is 0 Å². The summed E-state index contributed by atoms with van der Waals surface area (Å²) in [6.07, 6.45) is 0.846. The average Bonchev–Trinajstić information content (AvgIpc) is 3.43. The molecule has 1 fully saturated rings. The van der Waals surface area contributed by atoms with Gasteiger partial charge in [-0.05, 0) is 42.8 Å². The molecule has 0 radical (unpaired) electrons. The second-order valence-corrected chi connectivity index (χ2v) is 8.51. The van der Waals surface area contributed by atoms with Gasteiger partial charge >= 0.3 is 0 Å². The monoisotopic (exact) mass is 426 g/mol. The fourth-order valence-electron chi connectivity index (χ4n) is 4.10. The molecule has 10 nitrogen and oxygen atoms in total. The first-order valence-electron chi connectivity index (χ1n) is 10.5. The maximum absolute atomic E-state index is 13.3. The van der Waals surface area contributed by atoms with Gasteiger partial charge in [-0.15, -0.1) is 5.10 Å². The number of pyridine rings is 1. The quantitative estimate of drug-likeness (QED) is 0.658. The van der Waals surface area contributed by atoms with Crippen LogP contribution in [0.4, 0.5) is 0 Å². The third-order valence-electron chi connectivity index (χ3n) is 6.25. The lowest BCUT2D eigenvalue weighted by Crippen LogP contribution is -2.43. The van der Waals surface area contributed by atoms with Crippen molar-refractivity contribution in [3.05, 3.63) is 39.9 Å². The van der Waals surface area contributed by atoms with Crippen molar-refractivity contribution in [3.63, 3.8) is 0 Å². The number of nitrogens with zero attached hydrogens (tertiary/aromatic N) is 5. The van der Waals surface area contributed by atoms with Gasteiger partial charge in [-0.2, -0.15) is 0 Å². The van der Waals surface area contributed by atoms with E-state index in [1.54, 1.807) is 6.07 Å². The summed E-state index contributed by atoms with van der Waals surface area (Å²) in [7, 11) is 0. The molecule has 3 aromatic rings. The van der Waals surface area contributed by atoms with Crippen molar-refractivity contribution in [2.24, 2.45) is 0 Å². The van der Waals surface area contributed by atoms with E-state index < -0.39 is 6.04 Å². The number of aromatic nitrogens is 5. The molecule has 0 bridgehead atoms. The number of hydrogen-bond donors (Lipinski definition) is 1. The maximum Gasteiger partial charge on any atom is 0.253 e. The van der Waals surface area contributed by atoms with Crippen LogP contribution in [0.3, 0.4) is 0 Å². The van der Waals surface area contributed by atoms with Crippen LogP contribution in [-0.2, 0) is 10.3 Å². The Morgan fingerprint density at radius 3 is 2.65 bits per heavy atom. The highest BCUT2D eigenvalue weighted by molar-refractivity contribution is 5.83. The Morgan fingerprint density at radius 1 is 1.16 bits per heavy atom. The molecule has 1 saturated heterocycles. The molecular formula is C21H26N6O4. The molecule has 0 amide bonds. The first kappa shape index (κ1) is 20.0. The van der Waals surface area contributed by atoms with Crippen LogP contribution < -0.4 is 15.0 Å². The molecule has 0 saturated carbocycles. The van der Waals surface area contributed by atoms with Gasteiger partial charge in [0.1, 0.15) is 6.04 Å². The van der Waals surface area contributed by atoms with Gasteiger partial charge in [0.15, 0.2) is 17.3 Å². The Balaban J connectivity index is 1.68. The van der Waals surface area contributed by atoms with Gasteiger partial charge in [0.25, 0.3) is 5.56 Å². The highest BCUT2D eigenvalue weighted by Crippen LogP contribution is 2.36. The van der Waals surface area contributed by atoms with Crippen molar-refractivity contribution < 1.29 is 14.2 Å². The summed E-state index contributed by atoms with van der Waals surface area (Å²) in [6.45, 7) is 9.02. The Labute approximate surface area is 179 Å². The third kappa shape index (κ3) is 3.45. The summed E-state index contributed by atoms with van der Waals surface area (Å²) in [5, 5.41) is 13.5. The molecule has 2 aliphatic rings. The smallest absolute Gasteiger partial charge is 0.253 e. The van der Waals surface area contributed by atoms with Gasteiger partial charge < -0.3 is 19.2 Å². The second kappa shape index (κ2) is 7.61. The molecule has 0 spiro atoms. The van der Waals surface area contributed by atoms with Gasteiger partial charge in [0.05, 0.1) is 24.3 Å². The van der Waals surface area contributed by atoms with E-state index in [0.29, 0.717) is 54.7 Å². The molecular weight excluding hydrogens is 400 g/mol. The second-order valence-electron chi connectivity index (χ2n) is 8.51. The van der Waals surface area contributed by atoms with Gasteiger partial charge in [-0.1, -0.05) is 6.92 Å². The predicted molar refractivity (Wildman–Crippen MR) is 112 cm³/mol. The number of H-pyrrole nitrogens is 1. The number of benzene rings is 1. The van der Waals surface area contributed by atoms with Crippen LogP contribution in [0.1, 0.15) is 44.6 Å². The largest absolute Gasteiger partial charge is 0.454 e. The van der Waals surface area contributed by atoms with Crippen LogP contribution in [-0.4, -0.2) is 63.2 Å².